The Labute approximate surface area is 106 Å². The lowest BCUT2D eigenvalue weighted by Gasteiger charge is -2.15. The Balaban J connectivity index is 2.33. The van der Waals surface area contributed by atoms with Crippen molar-refractivity contribution >= 4 is 15.9 Å². The SMILES string of the molecule is CC(NCCOC(F)(F)F)c1cccc(Br)c1. The number of nitrogens with one attached hydrogen (secondary N) is 1. The molecule has 0 spiro atoms. The van der Waals surface area contributed by atoms with Crippen molar-refractivity contribution in [3.8, 4) is 0 Å². The van der Waals surface area contributed by atoms with Crippen LogP contribution in [-0.4, -0.2) is 19.5 Å². The lowest BCUT2D eigenvalue weighted by molar-refractivity contribution is -0.323. The molecular weight excluding hydrogens is 299 g/mol. The van der Waals surface area contributed by atoms with E-state index in [1.165, 1.54) is 0 Å². The third-order valence-electron chi connectivity index (χ3n) is 2.17. The van der Waals surface area contributed by atoms with Crippen LogP contribution >= 0.6 is 15.9 Å². The van der Waals surface area contributed by atoms with Gasteiger partial charge in [0.15, 0.2) is 0 Å². The average molecular weight is 312 g/mol. The zero-order valence-corrected chi connectivity index (χ0v) is 10.8. The summed E-state index contributed by atoms with van der Waals surface area (Å²) >= 11 is 3.34. The smallest absolute Gasteiger partial charge is 0.308 e. The maximum absolute atomic E-state index is 11.7. The number of ether oxygens (including phenoxy) is 1. The van der Waals surface area contributed by atoms with E-state index in [1.807, 2.05) is 31.2 Å². The first-order chi connectivity index (χ1) is 7.88. The molecule has 0 aliphatic rings. The summed E-state index contributed by atoms with van der Waals surface area (Å²) in [4.78, 5) is 0. The Morgan fingerprint density at radius 3 is 2.71 bits per heavy atom. The fraction of sp³-hybridized carbons (Fsp3) is 0.455. The van der Waals surface area contributed by atoms with Gasteiger partial charge >= 0.3 is 6.36 Å². The van der Waals surface area contributed by atoms with Crippen molar-refractivity contribution < 1.29 is 17.9 Å². The molecule has 0 saturated heterocycles. The van der Waals surface area contributed by atoms with Crippen molar-refractivity contribution in [2.24, 2.45) is 0 Å². The number of halogens is 4. The Kier molecular flexibility index (Phi) is 5.42. The summed E-state index contributed by atoms with van der Waals surface area (Å²) < 4.78 is 39.7. The number of benzene rings is 1. The topological polar surface area (TPSA) is 21.3 Å². The monoisotopic (exact) mass is 311 g/mol. The number of alkyl halides is 3. The molecule has 0 heterocycles. The fourth-order valence-corrected chi connectivity index (χ4v) is 1.75. The van der Waals surface area contributed by atoms with Gasteiger partial charge in [-0.1, -0.05) is 28.1 Å². The Morgan fingerprint density at radius 1 is 1.41 bits per heavy atom. The molecule has 96 valence electrons. The molecular formula is C11H13BrF3NO. The van der Waals surface area contributed by atoms with Crippen LogP contribution in [0.3, 0.4) is 0 Å². The van der Waals surface area contributed by atoms with E-state index < -0.39 is 6.36 Å². The maximum atomic E-state index is 11.7. The number of rotatable bonds is 5. The normalized spacial score (nSPS) is 13.7. The first kappa shape index (κ1) is 14.5. The molecule has 0 saturated carbocycles. The van der Waals surface area contributed by atoms with Gasteiger partial charge < -0.3 is 5.32 Å². The minimum atomic E-state index is -4.55. The molecule has 6 heteroatoms. The second-order valence-corrected chi connectivity index (χ2v) is 4.44. The minimum Gasteiger partial charge on any atom is -0.308 e. The van der Waals surface area contributed by atoms with Gasteiger partial charge in [0, 0.05) is 17.1 Å². The minimum absolute atomic E-state index is 0.0238. The van der Waals surface area contributed by atoms with E-state index in [4.69, 9.17) is 0 Å². The number of hydrogen-bond donors (Lipinski definition) is 1. The van der Waals surface area contributed by atoms with Crippen molar-refractivity contribution in [3.63, 3.8) is 0 Å². The van der Waals surface area contributed by atoms with Gasteiger partial charge in [0.1, 0.15) is 0 Å². The van der Waals surface area contributed by atoms with Crippen LogP contribution in [0.2, 0.25) is 0 Å². The molecule has 1 aromatic carbocycles. The molecule has 1 unspecified atom stereocenters. The van der Waals surface area contributed by atoms with Crippen molar-refractivity contribution in [1.82, 2.24) is 5.32 Å². The molecule has 17 heavy (non-hydrogen) atoms. The van der Waals surface area contributed by atoms with E-state index in [0.717, 1.165) is 10.0 Å². The summed E-state index contributed by atoms with van der Waals surface area (Å²) in [6, 6.07) is 7.58. The number of hydrogen-bond acceptors (Lipinski definition) is 2. The molecule has 1 N–H and O–H groups in total. The van der Waals surface area contributed by atoms with Gasteiger partial charge in [0.25, 0.3) is 0 Å². The summed E-state index contributed by atoms with van der Waals surface area (Å²) in [5.74, 6) is 0. The highest BCUT2D eigenvalue weighted by atomic mass is 79.9. The summed E-state index contributed by atoms with van der Waals surface area (Å²) in [5, 5.41) is 2.95. The standard InChI is InChI=1S/C11H13BrF3NO/c1-8(9-3-2-4-10(12)7-9)16-5-6-17-11(13,14)15/h2-4,7-8,16H,5-6H2,1H3. The summed E-state index contributed by atoms with van der Waals surface area (Å²) in [7, 11) is 0. The van der Waals surface area contributed by atoms with Gasteiger partial charge in [-0.2, -0.15) is 0 Å². The van der Waals surface area contributed by atoms with E-state index in [1.54, 1.807) is 0 Å². The second-order valence-electron chi connectivity index (χ2n) is 3.53. The van der Waals surface area contributed by atoms with Crippen molar-refractivity contribution in [1.29, 1.82) is 0 Å². The molecule has 0 aromatic heterocycles. The Morgan fingerprint density at radius 2 is 2.12 bits per heavy atom. The van der Waals surface area contributed by atoms with Crippen LogP contribution in [-0.2, 0) is 4.74 Å². The zero-order chi connectivity index (χ0) is 12.9. The highest BCUT2D eigenvalue weighted by molar-refractivity contribution is 9.10. The zero-order valence-electron chi connectivity index (χ0n) is 9.22. The molecule has 2 nitrogen and oxygen atoms in total. The predicted molar refractivity (Wildman–Crippen MR) is 62.6 cm³/mol. The average Bonchev–Trinajstić information content (AvgIpc) is 2.23. The van der Waals surface area contributed by atoms with Crippen LogP contribution in [0.25, 0.3) is 0 Å². The van der Waals surface area contributed by atoms with Gasteiger partial charge in [-0.25, -0.2) is 0 Å². The quantitative estimate of drug-likeness (QED) is 0.838. The maximum Gasteiger partial charge on any atom is 0.522 e. The molecule has 1 atom stereocenters. The highest BCUT2D eigenvalue weighted by Gasteiger charge is 2.28. The van der Waals surface area contributed by atoms with E-state index in [9.17, 15) is 13.2 Å². The van der Waals surface area contributed by atoms with Crippen LogP contribution in [0, 0.1) is 0 Å². The first-order valence-electron chi connectivity index (χ1n) is 5.08. The largest absolute Gasteiger partial charge is 0.522 e. The van der Waals surface area contributed by atoms with Crippen molar-refractivity contribution in [2.45, 2.75) is 19.3 Å². The fourth-order valence-electron chi connectivity index (χ4n) is 1.34. The molecule has 0 aliphatic heterocycles. The molecule has 0 bridgehead atoms. The highest BCUT2D eigenvalue weighted by Crippen LogP contribution is 2.18. The van der Waals surface area contributed by atoms with Gasteiger partial charge in [-0.05, 0) is 24.6 Å². The molecule has 1 rings (SSSR count). The van der Waals surface area contributed by atoms with Crippen molar-refractivity contribution in [2.75, 3.05) is 13.2 Å². The molecule has 0 aliphatic carbocycles. The van der Waals surface area contributed by atoms with Gasteiger partial charge in [0.2, 0.25) is 0 Å². The molecule has 0 fully saturated rings. The summed E-state index contributed by atoms with van der Waals surface area (Å²) in [6.07, 6.45) is -4.55. The lowest BCUT2D eigenvalue weighted by Crippen LogP contribution is -2.26. The molecule has 0 radical (unpaired) electrons. The van der Waals surface area contributed by atoms with Crippen molar-refractivity contribution in [3.05, 3.63) is 34.3 Å². The van der Waals surface area contributed by atoms with Crippen LogP contribution in [0.15, 0.2) is 28.7 Å². The van der Waals surface area contributed by atoms with E-state index >= 15 is 0 Å². The van der Waals surface area contributed by atoms with Crippen LogP contribution < -0.4 is 5.32 Å². The van der Waals surface area contributed by atoms with Gasteiger partial charge in [-0.3, -0.25) is 4.74 Å². The predicted octanol–water partition coefficient (Wildman–Crippen LogP) is 3.64. The summed E-state index contributed by atoms with van der Waals surface area (Å²) in [5.41, 5.74) is 1.01. The first-order valence-corrected chi connectivity index (χ1v) is 5.87. The van der Waals surface area contributed by atoms with E-state index in [-0.39, 0.29) is 19.2 Å². The Hall–Kier alpha value is -0.590. The lowest BCUT2D eigenvalue weighted by atomic mass is 10.1. The Bertz CT molecular complexity index is 357. The third-order valence-corrected chi connectivity index (χ3v) is 2.66. The molecule has 1 aromatic rings. The van der Waals surface area contributed by atoms with Gasteiger partial charge in [0.05, 0.1) is 6.61 Å². The van der Waals surface area contributed by atoms with E-state index in [2.05, 4.69) is 26.0 Å². The van der Waals surface area contributed by atoms with Crippen LogP contribution in [0.5, 0.6) is 0 Å². The second kappa shape index (κ2) is 6.37. The summed E-state index contributed by atoms with van der Waals surface area (Å²) in [6.45, 7) is 1.64. The van der Waals surface area contributed by atoms with Crippen LogP contribution in [0.4, 0.5) is 13.2 Å². The van der Waals surface area contributed by atoms with Gasteiger partial charge in [-0.15, -0.1) is 13.2 Å². The van der Waals surface area contributed by atoms with E-state index in [0.29, 0.717) is 0 Å². The molecule has 0 amide bonds. The third kappa shape index (κ3) is 6.05. The van der Waals surface area contributed by atoms with Crippen LogP contribution in [0.1, 0.15) is 18.5 Å².